The molecule has 1 aromatic rings. The third-order valence-corrected chi connectivity index (χ3v) is 3.64. The zero-order valence-electron chi connectivity index (χ0n) is 11.5. The molecular formula is C16H21NO2. The number of carboxylic acids is 1. The summed E-state index contributed by atoms with van der Waals surface area (Å²) >= 11 is 0. The van der Waals surface area contributed by atoms with Gasteiger partial charge in [-0.25, -0.2) is 4.79 Å². The highest BCUT2D eigenvalue weighted by molar-refractivity contribution is 5.85. The van der Waals surface area contributed by atoms with E-state index in [1.54, 1.807) is 6.08 Å². The van der Waals surface area contributed by atoms with E-state index in [1.807, 2.05) is 18.2 Å². The minimum atomic E-state index is -0.912. The zero-order valence-corrected chi connectivity index (χ0v) is 11.5. The summed E-state index contributed by atoms with van der Waals surface area (Å²) in [7, 11) is 2.14. The Morgan fingerprint density at radius 3 is 2.89 bits per heavy atom. The van der Waals surface area contributed by atoms with Crippen molar-refractivity contribution < 1.29 is 9.90 Å². The molecule has 19 heavy (non-hydrogen) atoms. The molecule has 1 aliphatic carbocycles. The van der Waals surface area contributed by atoms with Gasteiger partial charge in [0.05, 0.1) is 0 Å². The second-order valence-corrected chi connectivity index (χ2v) is 5.59. The number of hydrogen-bond donors (Lipinski definition) is 1. The van der Waals surface area contributed by atoms with Crippen LogP contribution in [-0.2, 0) is 11.3 Å². The highest BCUT2D eigenvalue weighted by Crippen LogP contribution is 2.38. The van der Waals surface area contributed by atoms with E-state index >= 15 is 0 Å². The van der Waals surface area contributed by atoms with Gasteiger partial charge in [-0.05, 0) is 42.5 Å². The molecule has 0 radical (unpaired) electrons. The van der Waals surface area contributed by atoms with E-state index in [0.717, 1.165) is 30.5 Å². The lowest BCUT2D eigenvalue weighted by molar-refractivity contribution is -0.131. The average Bonchev–Trinajstić information content (AvgIpc) is 3.02. The van der Waals surface area contributed by atoms with Crippen LogP contribution in [0.4, 0.5) is 0 Å². The van der Waals surface area contributed by atoms with Gasteiger partial charge < -0.3 is 10.0 Å². The standard InChI is InChI=1S/C16H21NO2/c1-12-8-15(12)11-17(2)10-14-5-3-4-13(9-14)6-7-16(18)19/h3-7,9,12,15H,8,10-11H2,1-2H3,(H,18,19)/b7-6+. The Morgan fingerprint density at radius 1 is 1.53 bits per heavy atom. The Bertz CT molecular complexity index is 481. The number of rotatable bonds is 6. The van der Waals surface area contributed by atoms with Gasteiger partial charge in [-0.15, -0.1) is 0 Å². The first kappa shape index (κ1) is 13.8. The Morgan fingerprint density at radius 2 is 2.26 bits per heavy atom. The first-order chi connectivity index (χ1) is 9.04. The molecule has 0 aromatic heterocycles. The van der Waals surface area contributed by atoms with Crippen molar-refractivity contribution in [3.63, 3.8) is 0 Å². The molecule has 3 nitrogen and oxygen atoms in total. The van der Waals surface area contributed by atoms with Crippen molar-refractivity contribution in [2.45, 2.75) is 19.9 Å². The maximum atomic E-state index is 10.5. The van der Waals surface area contributed by atoms with Crippen molar-refractivity contribution in [2.75, 3.05) is 13.6 Å². The van der Waals surface area contributed by atoms with Crippen LogP contribution >= 0.6 is 0 Å². The summed E-state index contributed by atoms with van der Waals surface area (Å²) in [5, 5.41) is 8.63. The van der Waals surface area contributed by atoms with Gasteiger partial charge in [0.25, 0.3) is 0 Å². The van der Waals surface area contributed by atoms with Crippen molar-refractivity contribution in [1.82, 2.24) is 4.90 Å². The summed E-state index contributed by atoms with van der Waals surface area (Å²) in [6.07, 6.45) is 4.16. The number of carbonyl (C=O) groups is 1. The summed E-state index contributed by atoms with van der Waals surface area (Å²) in [6.45, 7) is 4.37. The van der Waals surface area contributed by atoms with Crippen molar-refractivity contribution in [1.29, 1.82) is 0 Å². The highest BCUT2D eigenvalue weighted by atomic mass is 16.4. The lowest BCUT2D eigenvalue weighted by atomic mass is 10.1. The molecular weight excluding hydrogens is 238 g/mol. The van der Waals surface area contributed by atoms with E-state index in [4.69, 9.17) is 5.11 Å². The molecule has 0 amide bonds. The number of benzene rings is 1. The molecule has 1 fully saturated rings. The van der Waals surface area contributed by atoms with E-state index in [2.05, 4.69) is 24.9 Å². The van der Waals surface area contributed by atoms with Gasteiger partial charge in [0.2, 0.25) is 0 Å². The summed E-state index contributed by atoms with van der Waals surface area (Å²) in [5.74, 6) is 0.831. The fourth-order valence-electron chi connectivity index (χ4n) is 2.39. The van der Waals surface area contributed by atoms with Crippen molar-refractivity contribution >= 4 is 12.0 Å². The first-order valence-electron chi connectivity index (χ1n) is 6.73. The summed E-state index contributed by atoms with van der Waals surface area (Å²) < 4.78 is 0. The molecule has 0 bridgehead atoms. The largest absolute Gasteiger partial charge is 0.478 e. The van der Waals surface area contributed by atoms with Crippen LogP contribution < -0.4 is 0 Å². The number of aliphatic carboxylic acids is 1. The zero-order chi connectivity index (χ0) is 13.8. The van der Waals surface area contributed by atoms with Gasteiger partial charge in [-0.3, -0.25) is 0 Å². The molecule has 0 aliphatic heterocycles. The predicted molar refractivity (Wildman–Crippen MR) is 76.7 cm³/mol. The Kier molecular flexibility index (Phi) is 4.38. The lowest BCUT2D eigenvalue weighted by Crippen LogP contribution is -2.20. The van der Waals surface area contributed by atoms with Crippen LogP contribution in [0.15, 0.2) is 30.3 Å². The number of nitrogens with zero attached hydrogens (tertiary/aromatic N) is 1. The maximum Gasteiger partial charge on any atom is 0.328 e. The van der Waals surface area contributed by atoms with Gasteiger partial charge in [0.15, 0.2) is 0 Å². The lowest BCUT2D eigenvalue weighted by Gasteiger charge is -2.16. The fraction of sp³-hybridized carbons (Fsp3) is 0.438. The van der Waals surface area contributed by atoms with E-state index in [9.17, 15) is 4.79 Å². The Labute approximate surface area is 114 Å². The third kappa shape index (κ3) is 4.52. The minimum absolute atomic E-state index is 0.861. The topological polar surface area (TPSA) is 40.5 Å². The predicted octanol–water partition coefficient (Wildman–Crippen LogP) is 2.87. The molecule has 1 aromatic carbocycles. The molecule has 2 unspecified atom stereocenters. The van der Waals surface area contributed by atoms with E-state index < -0.39 is 5.97 Å². The highest BCUT2D eigenvalue weighted by Gasteiger charge is 2.32. The maximum absolute atomic E-state index is 10.5. The summed E-state index contributed by atoms with van der Waals surface area (Å²) in [6, 6.07) is 8.04. The normalized spacial score (nSPS) is 22.1. The smallest absolute Gasteiger partial charge is 0.328 e. The van der Waals surface area contributed by atoms with Gasteiger partial charge in [0, 0.05) is 19.2 Å². The van der Waals surface area contributed by atoms with Crippen LogP contribution in [0.3, 0.4) is 0 Å². The Hall–Kier alpha value is -1.61. The molecule has 102 valence electrons. The van der Waals surface area contributed by atoms with Crippen LogP contribution in [0.2, 0.25) is 0 Å². The molecule has 2 atom stereocenters. The molecule has 0 spiro atoms. The summed E-state index contributed by atoms with van der Waals surface area (Å²) in [4.78, 5) is 12.8. The monoisotopic (exact) mass is 259 g/mol. The Balaban J connectivity index is 1.92. The van der Waals surface area contributed by atoms with Crippen molar-refractivity contribution in [3.05, 3.63) is 41.5 Å². The van der Waals surface area contributed by atoms with E-state index in [1.165, 1.54) is 18.1 Å². The molecule has 2 rings (SSSR count). The van der Waals surface area contributed by atoms with Crippen LogP contribution in [0.5, 0.6) is 0 Å². The van der Waals surface area contributed by atoms with E-state index in [0.29, 0.717) is 0 Å². The second kappa shape index (κ2) is 6.02. The van der Waals surface area contributed by atoms with Gasteiger partial charge in [-0.2, -0.15) is 0 Å². The molecule has 1 N–H and O–H groups in total. The van der Waals surface area contributed by atoms with Crippen LogP contribution in [0.1, 0.15) is 24.5 Å². The third-order valence-electron chi connectivity index (χ3n) is 3.64. The molecule has 1 aliphatic rings. The van der Waals surface area contributed by atoms with Crippen LogP contribution in [0.25, 0.3) is 6.08 Å². The van der Waals surface area contributed by atoms with Gasteiger partial charge in [0.1, 0.15) is 0 Å². The quantitative estimate of drug-likeness (QED) is 0.799. The molecule has 0 saturated heterocycles. The van der Waals surface area contributed by atoms with Crippen molar-refractivity contribution in [2.24, 2.45) is 11.8 Å². The fourth-order valence-corrected chi connectivity index (χ4v) is 2.39. The van der Waals surface area contributed by atoms with Gasteiger partial charge in [-0.1, -0.05) is 31.2 Å². The molecule has 0 heterocycles. The second-order valence-electron chi connectivity index (χ2n) is 5.59. The van der Waals surface area contributed by atoms with E-state index in [-0.39, 0.29) is 0 Å². The molecule has 1 saturated carbocycles. The van der Waals surface area contributed by atoms with Gasteiger partial charge >= 0.3 is 5.97 Å². The van der Waals surface area contributed by atoms with Crippen LogP contribution in [-0.4, -0.2) is 29.6 Å². The van der Waals surface area contributed by atoms with Crippen LogP contribution in [0, 0.1) is 11.8 Å². The SMILES string of the molecule is CC1CC1CN(C)Cc1cccc(/C=C/C(=O)O)c1. The minimum Gasteiger partial charge on any atom is -0.478 e. The summed E-state index contributed by atoms with van der Waals surface area (Å²) in [5.41, 5.74) is 2.16. The van der Waals surface area contributed by atoms with Crippen molar-refractivity contribution in [3.8, 4) is 0 Å². The first-order valence-corrected chi connectivity index (χ1v) is 6.73. The molecule has 3 heteroatoms. The average molecular weight is 259 g/mol. The number of hydrogen-bond acceptors (Lipinski definition) is 2. The number of carboxylic acid groups (broad SMARTS) is 1.